The fourth-order valence-corrected chi connectivity index (χ4v) is 2.50. The molecular weight excluding hydrogens is 282 g/mol. The van der Waals surface area contributed by atoms with Crippen LogP contribution in [-0.4, -0.2) is 30.3 Å². The lowest BCUT2D eigenvalue weighted by Gasteiger charge is -2.15. The van der Waals surface area contributed by atoms with Crippen LogP contribution in [0.2, 0.25) is 0 Å². The first-order valence-corrected chi connectivity index (χ1v) is 7.51. The average molecular weight is 302 g/mol. The molecule has 2 rings (SSSR count). The summed E-state index contributed by atoms with van der Waals surface area (Å²) in [5.74, 6) is -0.0300. The number of carbonyl (C=O) groups excluding carboxylic acids is 1. The van der Waals surface area contributed by atoms with Crippen LogP contribution in [0.1, 0.15) is 12.0 Å². The number of benzene rings is 2. The fourth-order valence-electron chi connectivity index (χ4n) is 2.19. The van der Waals surface area contributed by atoms with Gasteiger partial charge in [-0.2, -0.15) is 0 Å². The van der Waals surface area contributed by atoms with Crippen LogP contribution >= 0.6 is 11.6 Å². The molecule has 0 aromatic heterocycles. The summed E-state index contributed by atoms with van der Waals surface area (Å²) in [4.78, 5) is 13.2. The Hall–Kier alpha value is -1.80. The van der Waals surface area contributed by atoms with Gasteiger partial charge in [0.1, 0.15) is 5.38 Å². The normalized spacial score (nSPS) is 12.0. The SMILES string of the molecule is CN(C)C(=O)C(Cl)CCc1ccc(-c2ccccc2)cc1. The molecule has 0 saturated heterocycles. The highest BCUT2D eigenvalue weighted by atomic mass is 35.5. The number of hydrogen-bond donors (Lipinski definition) is 0. The number of rotatable bonds is 5. The van der Waals surface area contributed by atoms with Crippen molar-refractivity contribution >= 4 is 17.5 Å². The third-order valence-corrected chi connectivity index (χ3v) is 3.86. The lowest BCUT2D eigenvalue weighted by atomic mass is 10.0. The number of alkyl halides is 1. The molecular formula is C18H20ClNO. The van der Waals surface area contributed by atoms with E-state index in [2.05, 4.69) is 36.4 Å². The Balaban J connectivity index is 1.96. The molecule has 21 heavy (non-hydrogen) atoms. The molecule has 2 aromatic rings. The summed E-state index contributed by atoms with van der Waals surface area (Å²) in [5.41, 5.74) is 3.61. The maximum Gasteiger partial charge on any atom is 0.240 e. The second-order valence-electron chi connectivity index (χ2n) is 5.30. The summed E-state index contributed by atoms with van der Waals surface area (Å²) in [5, 5.41) is -0.450. The molecule has 2 nitrogen and oxygen atoms in total. The van der Waals surface area contributed by atoms with Gasteiger partial charge in [-0.25, -0.2) is 0 Å². The molecule has 0 fully saturated rings. The van der Waals surface area contributed by atoms with Gasteiger partial charge in [-0.15, -0.1) is 11.6 Å². The van der Waals surface area contributed by atoms with Gasteiger partial charge in [0.25, 0.3) is 0 Å². The highest BCUT2D eigenvalue weighted by molar-refractivity contribution is 6.30. The minimum Gasteiger partial charge on any atom is -0.348 e. The molecule has 0 spiro atoms. The smallest absolute Gasteiger partial charge is 0.240 e. The van der Waals surface area contributed by atoms with E-state index in [9.17, 15) is 4.79 Å². The van der Waals surface area contributed by atoms with E-state index in [0.29, 0.717) is 6.42 Å². The number of halogens is 1. The first kappa shape index (κ1) is 15.6. The van der Waals surface area contributed by atoms with Crippen molar-refractivity contribution in [2.75, 3.05) is 14.1 Å². The summed E-state index contributed by atoms with van der Waals surface area (Å²) in [7, 11) is 3.46. The molecule has 0 radical (unpaired) electrons. The van der Waals surface area contributed by atoms with Crippen LogP contribution in [0.3, 0.4) is 0 Å². The number of amides is 1. The van der Waals surface area contributed by atoms with Crippen LogP contribution in [0.25, 0.3) is 11.1 Å². The quantitative estimate of drug-likeness (QED) is 0.765. The van der Waals surface area contributed by atoms with Crippen molar-refractivity contribution in [3.05, 3.63) is 60.2 Å². The van der Waals surface area contributed by atoms with Crippen molar-refractivity contribution in [3.63, 3.8) is 0 Å². The minimum atomic E-state index is -0.450. The monoisotopic (exact) mass is 301 g/mol. The van der Waals surface area contributed by atoms with Crippen molar-refractivity contribution in [2.45, 2.75) is 18.2 Å². The Morgan fingerprint density at radius 1 is 1.00 bits per heavy atom. The summed E-state index contributed by atoms with van der Waals surface area (Å²) >= 11 is 6.11. The molecule has 110 valence electrons. The van der Waals surface area contributed by atoms with Crippen molar-refractivity contribution in [3.8, 4) is 11.1 Å². The van der Waals surface area contributed by atoms with Crippen molar-refractivity contribution < 1.29 is 4.79 Å². The van der Waals surface area contributed by atoms with Gasteiger partial charge in [-0.3, -0.25) is 4.79 Å². The highest BCUT2D eigenvalue weighted by Crippen LogP contribution is 2.20. The van der Waals surface area contributed by atoms with Crippen LogP contribution in [0.5, 0.6) is 0 Å². The van der Waals surface area contributed by atoms with Gasteiger partial charge in [0, 0.05) is 14.1 Å². The van der Waals surface area contributed by atoms with Gasteiger partial charge in [0.2, 0.25) is 5.91 Å². The summed E-state index contributed by atoms with van der Waals surface area (Å²) in [6, 6.07) is 18.7. The largest absolute Gasteiger partial charge is 0.348 e. The van der Waals surface area contributed by atoms with Gasteiger partial charge in [0.05, 0.1) is 0 Å². The molecule has 0 heterocycles. The predicted molar refractivity (Wildman–Crippen MR) is 88.5 cm³/mol. The maximum absolute atomic E-state index is 11.7. The van der Waals surface area contributed by atoms with Crippen LogP contribution in [0, 0.1) is 0 Å². The number of carbonyl (C=O) groups is 1. The second kappa shape index (κ2) is 7.28. The van der Waals surface area contributed by atoms with Crippen molar-refractivity contribution in [1.82, 2.24) is 4.90 Å². The molecule has 0 saturated carbocycles. The predicted octanol–water partition coefficient (Wildman–Crippen LogP) is 3.98. The molecule has 1 unspecified atom stereocenters. The van der Waals surface area contributed by atoms with Gasteiger partial charge >= 0.3 is 0 Å². The first-order chi connectivity index (χ1) is 10.1. The summed E-state index contributed by atoms with van der Waals surface area (Å²) in [6.07, 6.45) is 1.46. The lowest BCUT2D eigenvalue weighted by Crippen LogP contribution is -2.30. The number of hydrogen-bond acceptors (Lipinski definition) is 1. The van der Waals surface area contributed by atoms with E-state index in [1.807, 2.05) is 18.2 Å². The standard InChI is InChI=1S/C18H20ClNO/c1-20(2)18(21)17(19)13-10-14-8-11-16(12-9-14)15-6-4-3-5-7-15/h3-9,11-12,17H,10,13H2,1-2H3. The summed E-state index contributed by atoms with van der Waals surface area (Å²) in [6.45, 7) is 0. The Morgan fingerprint density at radius 3 is 2.14 bits per heavy atom. The molecule has 0 bridgehead atoms. The van der Waals surface area contributed by atoms with E-state index >= 15 is 0 Å². The van der Waals surface area contributed by atoms with E-state index in [4.69, 9.17) is 11.6 Å². The topological polar surface area (TPSA) is 20.3 Å². The van der Waals surface area contributed by atoms with Crippen molar-refractivity contribution in [2.24, 2.45) is 0 Å². The summed E-state index contributed by atoms with van der Waals surface area (Å²) < 4.78 is 0. The minimum absolute atomic E-state index is 0.0300. The molecule has 1 atom stereocenters. The molecule has 0 aliphatic carbocycles. The Labute approximate surface area is 131 Å². The molecule has 0 aliphatic heterocycles. The zero-order valence-corrected chi connectivity index (χ0v) is 13.2. The first-order valence-electron chi connectivity index (χ1n) is 7.07. The van der Waals surface area contributed by atoms with E-state index in [-0.39, 0.29) is 5.91 Å². The van der Waals surface area contributed by atoms with Gasteiger partial charge in [-0.05, 0) is 29.5 Å². The molecule has 3 heteroatoms. The van der Waals surface area contributed by atoms with Gasteiger partial charge < -0.3 is 4.90 Å². The molecule has 0 aliphatic rings. The second-order valence-corrected chi connectivity index (χ2v) is 5.83. The van der Waals surface area contributed by atoms with Crippen LogP contribution in [-0.2, 0) is 11.2 Å². The Morgan fingerprint density at radius 2 is 1.57 bits per heavy atom. The molecule has 0 N–H and O–H groups in total. The lowest BCUT2D eigenvalue weighted by molar-refractivity contribution is -0.128. The van der Waals surface area contributed by atoms with E-state index in [0.717, 1.165) is 6.42 Å². The maximum atomic E-state index is 11.7. The van der Waals surface area contributed by atoms with Gasteiger partial charge in [0.15, 0.2) is 0 Å². The molecule has 2 aromatic carbocycles. The van der Waals surface area contributed by atoms with Crippen LogP contribution < -0.4 is 0 Å². The number of aryl methyl sites for hydroxylation is 1. The van der Waals surface area contributed by atoms with Crippen LogP contribution in [0.15, 0.2) is 54.6 Å². The van der Waals surface area contributed by atoms with E-state index in [1.54, 1.807) is 14.1 Å². The van der Waals surface area contributed by atoms with E-state index < -0.39 is 5.38 Å². The third kappa shape index (κ3) is 4.33. The number of nitrogens with zero attached hydrogens (tertiary/aromatic N) is 1. The Bertz CT molecular complexity index is 578. The average Bonchev–Trinajstić information content (AvgIpc) is 2.53. The molecule has 1 amide bonds. The van der Waals surface area contributed by atoms with E-state index in [1.165, 1.54) is 21.6 Å². The fraction of sp³-hybridized carbons (Fsp3) is 0.278. The van der Waals surface area contributed by atoms with Crippen molar-refractivity contribution in [1.29, 1.82) is 0 Å². The van der Waals surface area contributed by atoms with Crippen LogP contribution in [0.4, 0.5) is 0 Å². The zero-order valence-electron chi connectivity index (χ0n) is 12.4. The highest BCUT2D eigenvalue weighted by Gasteiger charge is 2.16. The zero-order chi connectivity index (χ0) is 15.2. The Kier molecular flexibility index (Phi) is 5.40. The third-order valence-electron chi connectivity index (χ3n) is 3.46. The van der Waals surface area contributed by atoms with Gasteiger partial charge in [-0.1, -0.05) is 54.6 Å².